The van der Waals surface area contributed by atoms with Crippen molar-refractivity contribution in [3.05, 3.63) is 47.0 Å². The van der Waals surface area contributed by atoms with Gasteiger partial charge >= 0.3 is 6.18 Å². The lowest BCUT2D eigenvalue weighted by molar-refractivity contribution is -0.144. The van der Waals surface area contributed by atoms with E-state index in [1.54, 1.807) is 6.92 Å². The fraction of sp³-hybridized carbons (Fsp3) is 0.143. The van der Waals surface area contributed by atoms with Crippen LogP contribution >= 0.6 is 11.6 Å². The average molecular weight is 419 g/mol. The van der Waals surface area contributed by atoms with E-state index in [4.69, 9.17) is 16.7 Å². The minimum Gasteiger partial charge on any atom is -0.225 e. The Balaban J connectivity index is 2.19. The standard InChI is InChI=1S/C14H10ClF3N6O2S/c1-7-4-8(2-3-10(7)15)11-22-12(14(16,17)18)23-24(11)13-20-5-9(6-21-13)27(19,25)26/h2-6H,1H3,(H2,19,25,26). The molecule has 0 unspecified atom stereocenters. The zero-order valence-corrected chi connectivity index (χ0v) is 15.0. The zero-order valence-electron chi connectivity index (χ0n) is 13.4. The van der Waals surface area contributed by atoms with E-state index in [1.807, 2.05) is 0 Å². The molecule has 0 saturated heterocycles. The van der Waals surface area contributed by atoms with Crippen molar-refractivity contribution in [1.29, 1.82) is 0 Å². The Hall–Kier alpha value is -2.57. The van der Waals surface area contributed by atoms with Gasteiger partial charge in [0.15, 0.2) is 5.82 Å². The first-order valence-electron chi connectivity index (χ1n) is 7.13. The van der Waals surface area contributed by atoms with Gasteiger partial charge in [-0.05, 0) is 30.7 Å². The monoisotopic (exact) mass is 418 g/mol. The van der Waals surface area contributed by atoms with Crippen LogP contribution in [0.5, 0.6) is 0 Å². The van der Waals surface area contributed by atoms with Crippen LogP contribution in [0.2, 0.25) is 5.02 Å². The lowest BCUT2D eigenvalue weighted by atomic mass is 10.1. The van der Waals surface area contributed by atoms with Crippen molar-refractivity contribution in [2.24, 2.45) is 5.14 Å². The SMILES string of the molecule is Cc1cc(-c2nc(C(F)(F)F)nn2-c2ncc(S(N)(=O)=O)cn2)ccc1Cl. The van der Waals surface area contributed by atoms with E-state index < -0.39 is 26.9 Å². The smallest absolute Gasteiger partial charge is 0.225 e. The third-order valence-corrected chi connectivity index (χ3v) is 4.70. The van der Waals surface area contributed by atoms with Gasteiger partial charge in [-0.15, -0.1) is 5.10 Å². The van der Waals surface area contributed by atoms with Gasteiger partial charge in [-0.1, -0.05) is 11.6 Å². The first-order chi connectivity index (χ1) is 12.5. The third kappa shape index (κ3) is 3.91. The summed E-state index contributed by atoms with van der Waals surface area (Å²) >= 11 is 5.95. The Morgan fingerprint density at radius 2 is 1.81 bits per heavy atom. The van der Waals surface area contributed by atoms with Crippen LogP contribution < -0.4 is 5.14 Å². The number of rotatable bonds is 3. The Bertz CT molecular complexity index is 1110. The number of aromatic nitrogens is 5. The highest BCUT2D eigenvalue weighted by Gasteiger charge is 2.38. The number of aryl methyl sites for hydroxylation is 1. The number of hydrogen-bond donors (Lipinski definition) is 1. The molecule has 142 valence electrons. The molecule has 2 N–H and O–H groups in total. The highest BCUT2D eigenvalue weighted by atomic mass is 35.5. The summed E-state index contributed by atoms with van der Waals surface area (Å²) in [6, 6.07) is 4.50. The van der Waals surface area contributed by atoms with Crippen LogP contribution in [0, 0.1) is 6.92 Å². The van der Waals surface area contributed by atoms with E-state index in [2.05, 4.69) is 20.1 Å². The molecule has 0 aliphatic heterocycles. The second kappa shape index (κ2) is 6.55. The Labute approximate surface area is 155 Å². The first-order valence-corrected chi connectivity index (χ1v) is 9.05. The van der Waals surface area contributed by atoms with E-state index >= 15 is 0 Å². The minimum absolute atomic E-state index is 0.189. The maximum absolute atomic E-state index is 13.1. The van der Waals surface area contributed by atoms with Gasteiger partial charge in [-0.2, -0.15) is 17.9 Å². The average Bonchev–Trinajstić information content (AvgIpc) is 3.02. The topological polar surface area (TPSA) is 117 Å². The van der Waals surface area contributed by atoms with Crippen LogP contribution in [0.3, 0.4) is 0 Å². The summed E-state index contributed by atoms with van der Waals surface area (Å²) in [5.74, 6) is -1.90. The Morgan fingerprint density at radius 1 is 1.19 bits per heavy atom. The molecule has 0 spiro atoms. The normalized spacial score (nSPS) is 12.4. The van der Waals surface area contributed by atoms with Gasteiger partial charge in [0.2, 0.25) is 10.0 Å². The van der Waals surface area contributed by atoms with Crippen molar-refractivity contribution in [1.82, 2.24) is 24.7 Å². The number of benzene rings is 1. The summed E-state index contributed by atoms with van der Waals surface area (Å²) in [7, 11) is -4.06. The molecule has 13 heteroatoms. The van der Waals surface area contributed by atoms with E-state index in [9.17, 15) is 21.6 Å². The number of alkyl halides is 3. The predicted octanol–water partition coefficient (Wildman–Crippen LogP) is 2.35. The third-order valence-electron chi connectivity index (χ3n) is 3.41. The van der Waals surface area contributed by atoms with Crippen LogP contribution in [-0.2, 0) is 16.2 Å². The number of halogens is 4. The molecule has 0 aliphatic carbocycles. The molecule has 0 aliphatic rings. The zero-order chi connectivity index (χ0) is 20.0. The van der Waals surface area contributed by atoms with Crippen LogP contribution in [0.1, 0.15) is 11.4 Å². The number of nitrogens with two attached hydrogens (primary N) is 1. The molecule has 0 saturated carbocycles. The summed E-state index contributed by atoms with van der Waals surface area (Å²) in [6.07, 6.45) is -3.07. The second-order valence-corrected chi connectivity index (χ2v) is 7.36. The summed E-state index contributed by atoms with van der Waals surface area (Å²) in [6.45, 7) is 1.68. The van der Waals surface area contributed by atoms with Gasteiger partial charge in [0, 0.05) is 10.6 Å². The lowest BCUT2D eigenvalue weighted by Gasteiger charge is -2.06. The van der Waals surface area contributed by atoms with E-state index in [-0.39, 0.29) is 11.8 Å². The maximum Gasteiger partial charge on any atom is 0.453 e. The van der Waals surface area contributed by atoms with Crippen molar-refractivity contribution in [3.63, 3.8) is 0 Å². The van der Waals surface area contributed by atoms with E-state index in [0.717, 1.165) is 17.1 Å². The molecule has 27 heavy (non-hydrogen) atoms. The first kappa shape index (κ1) is 19.2. The Morgan fingerprint density at radius 3 is 2.33 bits per heavy atom. The van der Waals surface area contributed by atoms with Crippen LogP contribution in [-0.4, -0.2) is 33.2 Å². The molecule has 1 aromatic carbocycles. The summed E-state index contributed by atoms with van der Waals surface area (Å²) in [4.78, 5) is 10.6. The molecular formula is C14H10ClF3N6O2S. The van der Waals surface area contributed by atoms with Crippen molar-refractivity contribution in [2.45, 2.75) is 18.0 Å². The van der Waals surface area contributed by atoms with Gasteiger partial charge < -0.3 is 0 Å². The molecular weight excluding hydrogens is 409 g/mol. The number of sulfonamides is 1. The number of primary sulfonamides is 1. The second-order valence-electron chi connectivity index (χ2n) is 5.40. The van der Waals surface area contributed by atoms with Gasteiger partial charge in [-0.3, -0.25) is 0 Å². The van der Waals surface area contributed by atoms with Crippen LogP contribution in [0.25, 0.3) is 17.3 Å². The molecule has 0 bridgehead atoms. The summed E-state index contributed by atoms with van der Waals surface area (Å²) < 4.78 is 62.6. The predicted molar refractivity (Wildman–Crippen MR) is 88.5 cm³/mol. The fourth-order valence-corrected chi connectivity index (χ4v) is 2.62. The van der Waals surface area contributed by atoms with Crippen LogP contribution in [0.4, 0.5) is 13.2 Å². The van der Waals surface area contributed by atoms with Gasteiger partial charge in [0.25, 0.3) is 11.8 Å². The lowest BCUT2D eigenvalue weighted by Crippen LogP contribution is -2.14. The Kier molecular flexibility index (Phi) is 4.66. The molecule has 2 aromatic heterocycles. The number of hydrogen-bond acceptors (Lipinski definition) is 6. The van der Waals surface area contributed by atoms with Gasteiger partial charge in [0.05, 0.1) is 12.4 Å². The number of nitrogens with zero attached hydrogens (tertiary/aromatic N) is 5. The fourth-order valence-electron chi connectivity index (χ4n) is 2.11. The quantitative estimate of drug-likeness (QED) is 0.697. The highest BCUT2D eigenvalue weighted by molar-refractivity contribution is 7.89. The molecule has 3 aromatic rings. The molecule has 0 fully saturated rings. The van der Waals surface area contributed by atoms with Crippen molar-refractivity contribution < 1.29 is 21.6 Å². The van der Waals surface area contributed by atoms with E-state index in [0.29, 0.717) is 16.1 Å². The van der Waals surface area contributed by atoms with Crippen molar-refractivity contribution in [2.75, 3.05) is 0 Å². The molecule has 0 amide bonds. The van der Waals surface area contributed by atoms with Crippen LogP contribution in [0.15, 0.2) is 35.5 Å². The molecule has 2 heterocycles. The highest BCUT2D eigenvalue weighted by Crippen LogP contribution is 2.31. The largest absolute Gasteiger partial charge is 0.453 e. The van der Waals surface area contributed by atoms with E-state index in [1.165, 1.54) is 18.2 Å². The molecule has 0 radical (unpaired) electrons. The molecule has 8 nitrogen and oxygen atoms in total. The minimum atomic E-state index is -4.80. The summed E-state index contributed by atoms with van der Waals surface area (Å²) in [5.41, 5.74) is 0.904. The maximum atomic E-state index is 13.1. The molecule has 3 rings (SSSR count). The molecule has 0 atom stereocenters. The van der Waals surface area contributed by atoms with Gasteiger partial charge in [0.1, 0.15) is 4.90 Å². The van der Waals surface area contributed by atoms with Crippen molar-refractivity contribution in [3.8, 4) is 17.3 Å². The van der Waals surface area contributed by atoms with Crippen molar-refractivity contribution >= 4 is 21.6 Å². The summed E-state index contributed by atoms with van der Waals surface area (Å²) in [5, 5.41) is 8.79. The van der Waals surface area contributed by atoms with Gasteiger partial charge in [-0.25, -0.2) is 28.5 Å².